The number of hydrogen-bond donors (Lipinski definition) is 0. The first-order valence-electron chi connectivity index (χ1n) is 4.39. The number of ether oxygens (including phenoxy) is 1. The van der Waals surface area contributed by atoms with Gasteiger partial charge in [0.25, 0.3) is 0 Å². The topological polar surface area (TPSA) is 33.0 Å². The molecule has 0 amide bonds. The average Bonchev–Trinajstić information content (AvgIpc) is 2.06. The van der Waals surface area contributed by atoms with Gasteiger partial charge in [0, 0.05) is 6.61 Å². The van der Waals surface area contributed by atoms with Gasteiger partial charge in [0.15, 0.2) is 0 Å². The van der Waals surface area contributed by atoms with Crippen molar-refractivity contribution >= 4 is 0 Å². The fourth-order valence-corrected chi connectivity index (χ4v) is 1.66. The van der Waals surface area contributed by atoms with Crippen molar-refractivity contribution in [2.24, 2.45) is 5.92 Å². The van der Waals surface area contributed by atoms with Crippen LogP contribution in [0.25, 0.3) is 0 Å². The molecule has 1 saturated carbocycles. The van der Waals surface area contributed by atoms with Crippen LogP contribution in [0.4, 0.5) is 0 Å². The van der Waals surface area contributed by atoms with Crippen LogP contribution < -0.4 is 0 Å². The second kappa shape index (κ2) is 4.35. The summed E-state index contributed by atoms with van der Waals surface area (Å²) in [6, 6.07) is 2.31. The molecule has 1 rings (SSSR count). The zero-order valence-electron chi connectivity index (χ0n) is 7.05. The van der Waals surface area contributed by atoms with Crippen molar-refractivity contribution in [1.82, 2.24) is 0 Å². The van der Waals surface area contributed by atoms with Gasteiger partial charge >= 0.3 is 0 Å². The quantitative estimate of drug-likeness (QED) is 0.608. The lowest BCUT2D eigenvalue weighted by atomic mass is 9.87. The van der Waals surface area contributed by atoms with E-state index in [4.69, 9.17) is 10.00 Å². The predicted octanol–water partition coefficient (Wildman–Crippen LogP) is 2.11. The molecule has 0 spiro atoms. The van der Waals surface area contributed by atoms with Crippen LogP contribution in [0.2, 0.25) is 0 Å². The Morgan fingerprint density at radius 1 is 1.45 bits per heavy atom. The van der Waals surface area contributed by atoms with E-state index < -0.39 is 0 Å². The molecule has 62 valence electrons. The third-order valence-corrected chi connectivity index (χ3v) is 2.25. The highest BCUT2D eigenvalue weighted by atomic mass is 16.5. The van der Waals surface area contributed by atoms with Crippen molar-refractivity contribution in [2.45, 2.75) is 38.7 Å². The highest BCUT2D eigenvalue weighted by molar-refractivity contribution is 4.91. The fourth-order valence-electron chi connectivity index (χ4n) is 1.66. The number of nitrogens with zero attached hydrogens (tertiary/aromatic N) is 1. The first-order valence-corrected chi connectivity index (χ1v) is 4.39. The van der Waals surface area contributed by atoms with Crippen molar-refractivity contribution in [2.75, 3.05) is 6.61 Å². The molecule has 2 unspecified atom stereocenters. The number of nitriles is 1. The summed E-state index contributed by atoms with van der Waals surface area (Å²) in [7, 11) is 0. The molecule has 2 heteroatoms. The standard InChI is InChI=1S/C9H15NO/c1-2-11-9-6-4-3-5-8(9)7-10/h8-9H,2-6H2,1H3. The molecule has 0 aromatic carbocycles. The highest BCUT2D eigenvalue weighted by Gasteiger charge is 2.24. The Balaban J connectivity index is 2.39. The van der Waals surface area contributed by atoms with E-state index in [1.165, 1.54) is 12.8 Å². The van der Waals surface area contributed by atoms with E-state index in [1.54, 1.807) is 0 Å². The Labute approximate surface area is 68.2 Å². The van der Waals surface area contributed by atoms with Crippen LogP contribution in [0.1, 0.15) is 32.6 Å². The Bertz CT molecular complexity index is 148. The van der Waals surface area contributed by atoms with Crippen LogP contribution in [0, 0.1) is 17.2 Å². The van der Waals surface area contributed by atoms with Crippen LogP contribution in [0.15, 0.2) is 0 Å². The summed E-state index contributed by atoms with van der Waals surface area (Å²) in [5, 5.41) is 8.76. The Kier molecular flexibility index (Phi) is 3.38. The van der Waals surface area contributed by atoms with Crippen molar-refractivity contribution in [3.63, 3.8) is 0 Å². The molecule has 0 saturated heterocycles. The molecule has 0 heterocycles. The minimum Gasteiger partial charge on any atom is -0.377 e. The van der Waals surface area contributed by atoms with Gasteiger partial charge in [-0.25, -0.2) is 0 Å². The molecule has 0 N–H and O–H groups in total. The molecule has 1 aliphatic carbocycles. The second-order valence-corrected chi connectivity index (χ2v) is 3.01. The molecule has 0 radical (unpaired) electrons. The van der Waals surface area contributed by atoms with E-state index >= 15 is 0 Å². The van der Waals surface area contributed by atoms with E-state index in [1.807, 2.05) is 6.92 Å². The lowest BCUT2D eigenvalue weighted by Crippen LogP contribution is -2.26. The Morgan fingerprint density at radius 2 is 2.18 bits per heavy atom. The lowest BCUT2D eigenvalue weighted by Gasteiger charge is -2.26. The lowest BCUT2D eigenvalue weighted by molar-refractivity contribution is 0.0134. The zero-order chi connectivity index (χ0) is 8.10. The van der Waals surface area contributed by atoms with E-state index in [-0.39, 0.29) is 12.0 Å². The van der Waals surface area contributed by atoms with Crippen LogP contribution in [0.5, 0.6) is 0 Å². The van der Waals surface area contributed by atoms with Crippen LogP contribution in [-0.2, 0) is 4.74 Å². The van der Waals surface area contributed by atoms with E-state index in [0.29, 0.717) is 0 Å². The smallest absolute Gasteiger partial charge is 0.0733 e. The summed E-state index contributed by atoms with van der Waals surface area (Å²) >= 11 is 0. The summed E-state index contributed by atoms with van der Waals surface area (Å²) in [5.41, 5.74) is 0. The molecule has 11 heavy (non-hydrogen) atoms. The summed E-state index contributed by atoms with van der Waals surface area (Å²) in [6.45, 7) is 2.73. The third-order valence-electron chi connectivity index (χ3n) is 2.25. The maximum atomic E-state index is 8.76. The van der Waals surface area contributed by atoms with Gasteiger partial charge in [0.05, 0.1) is 18.1 Å². The zero-order valence-corrected chi connectivity index (χ0v) is 7.05. The Morgan fingerprint density at radius 3 is 2.82 bits per heavy atom. The molecular weight excluding hydrogens is 138 g/mol. The molecule has 1 fully saturated rings. The summed E-state index contributed by atoms with van der Waals surface area (Å²) in [4.78, 5) is 0. The van der Waals surface area contributed by atoms with Gasteiger partial charge in [-0.05, 0) is 19.8 Å². The number of hydrogen-bond acceptors (Lipinski definition) is 2. The van der Waals surface area contributed by atoms with Crippen molar-refractivity contribution in [1.29, 1.82) is 5.26 Å². The SMILES string of the molecule is CCOC1CCCCC1C#N. The molecule has 2 atom stereocenters. The summed E-state index contributed by atoms with van der Waals surface area (Å²) < 4.78 is 5.46. The maximum Gasteiger partial charge on any atom is 0.0733 e. The van der Waals surface area contributed by atoms with Crippen molar-refractivity contribution < 1.29 is 4.74 Å². The number of rotatable bonds is 2. The summed E-state index contributed by atoms with van der Waals surface area (Å²) in [5.74, 6) is 0.156. The monoisotopic (exact) mass is 153 g/mol. The van der Waals surface area contributed by atoms with Crippen molar-refractivity contribution in [3.05, 3.63) is 0 Å². The molecule has 2 nitrogen and oxygen atoms in total. The molecular formula is C9H15NO. The van der Waals surface area contributed by atoms with Gasteiger partial charge < -0.3 is 4.74 Å². The van der Waals surface area contributed by atoms with Gasteiger partial charge in [0.1, 0.15) is 0 Å². The first kappa shape index (κ1) is 8.55. The highest BCUT2D eigenvalue weighted by Crippen LogP contribution is 2.25. The Hall–Kier alpha value is -0.550. The molecule has 0 aromatic heterocycles. The van der Waals surface area contributed by atoms with Crippen LogP contribution >= 0.6 is 0 Å². The van der Waals surface area contributed by atoms with Crippen LogP contribution in [0.3, 0.4) is 0 Å². The molecule has 0 aromatic rings. The molecule has 0 bridgehead atoms. The van der Waals surface area contributed by atoms with E-state index in [0.717, 1.165) is 19.4 Å². The van der Waals surface area contributed by atoms with Crippen LogP contribution in [-0.4, -0.2) is 12.7 Å². The fraction of sp³-hybridized carbons (Fsp3) is 0.889. The normalized spacial score (nSPS) is 31.3. The van der Waals surface area contributed by atoms with Gasteiger partial charge in [0.2, 0.25) is 0 Å². The van der Waals surface area contributed by atoms with Gasteiger partial charge in [-0.2, -0.15) is 5.26 Å². The third kappa shape index (κ3) is 2.20. The average molecular weight is 153 g/mol. The summed E-state index contributed by atoms with van der Waals surface area (Å²) in [6.07, 6.45) is 4.75. The minimum absolute atomic E-state index is 0.156. The molecule has 1 aliphatic rings. The minimum atomic E-state index is 0.156. The van der Waals surface area contributed by atoms with E-state index in [2.05, 4.69) is 6.07 Å². The largest absolute Gasteiger partial charge is 0.377 e. The van der Waals surface area contributed by atoms with Gasteiger partial charge in [-0.15, -0.1) is 0 Å². The predicted molar refractivity (Wildman–Crippen MR) is 43.0 cm³/mol. The molecule has 0 aliphatic heterocycles. The first-order chi connectivity index (χ1) is 5.38. The maximum absolute atomic E-state index is 8.76. The van der Waals surface area contributed by atoms with E-state index in [9.17, 15) is 0 Å². The van der Waals surface area contributed by atoms with Gasteiger partial charge in [-0.3, -0.25) is 0 Å². The second-order valence-electron chi connectivity index (χ2n) is 3.01. The van der Waals surface area contributed by atoms with Crippen molar-refractivity contribution in [3.8, 4) is 6.07 Å². The van der Waals surface area contributed by atoms with Gasteiger partial charge in [-0.1, -0.05) is 12.8 Å².